The number of hydrogen-bond acceptors (Lipinski definition) is 3. The van der Waals surface area contributed by atoms with Gasteiger partial charge in [0.05, 0.1) is 0 Å². The molecule has 0 spiro atoms. The maximum Gasteiger partial charge on any atom is 0.207 e. The molecule has 0 saturated heterocycles. The fraction of sp³-hybridized carbons (Fsp3) is 0.533. The Hall–Kier alpha value is -1.71. The van der Waals surface area contributed by atoms with E-state index in [1.807, 2.05) is 6.07 Å². The highest BCUT2D eigenvalue weighted by atomic mass is 16.6. The van der Waals surface area contributed by atoms with E-state index >= 15 is 0 Å². The van der Waals surface area contributed by atoms with E-state index in [2.05, 4.69) is 11.4 Å². The summed E-state index contributed by atoms with van der Waals surface area (Å²) in [5.74, 6) is 2.39. The van der Waals surface area contributed by atoms with Gasteiger partial charge in [-0.1, -0.05) is 6.07 Å². The lowest BCUT2D eigenvalue weighted by Gasteiger charge is -2.22. The molecule has 0 bridgehead atoms. The van der Waals surface area contributed by atoms with Crippen molar-refractivity contribution in [1.82, 2.24) is 5.32 Å². The summed E-state index contributed by atoms with van der Waals surface area (Å²) in [6, 6.07) is 4.19. The second-order valence-corrected chi connectivity index (χ2v) is 5.20. The first-order chi connectivity index (χ1) is 9.38. The molecule has 3 rings (SSSR count). The minimum atomic E-state index is 0.553. The van der Waals surface area contributed by atoms with Gasteiger partial charge in [0.2, 0.25) is 6.41 Å². The van der Waals surface area contributed by atoms with Crippen molar-refractivity contribution >= 4 is 6.41 Å². The summed E-state index contributed by atoms with van der Waals surface area (Å²) in [4.78, 5) is 10.4. The molecular formula is C15H19NO3. The molecule has 0 fully saturated rings. The lowest BCUT2D eigenvalue weighted by Crippen LogP contribution is -2.21. The first kappa shape index (κ1) is 12.3. The standard InChI is InChI=1S/C15H19NO3/c17-10-16-9-11-1-3-12-4-6-14-15(13(12)5-2-11)19-8-7-18-14/h4,6,10-11H,1-3,5,7-9H2,(H,16,17). The lowest BCUT2D eigenvalue weighted by atomic mass is 10.00. The molecule has 1 aliphatic heterocycles. The molecule has 1 aromatic carbocycles. The van der Waals surface area contributed by atoms with Gasteiger partial charge in [-0.3, -0.25) is 4.79 Å². The molecule has 19 heavy (non-hydrogen) atoms. The van der Waals surface area contributed by atoms with Crippen LogP contribution in [0.25, 0.3) is 0 Å². The number of nitrogens with one attached hydrogen (secondary N) is 1. The third-order valence-corrected chi connectivity index (χ3v) is 4.02. The Balaban J connectivity index is 1.80. The molecule has 1 amide bonds. The Morgan fingerprint density at radius 2 is 2.05 bits per heavy atom. The van der Waals surface area contributed by atoms with E-state index in [4.69, 9.17) is 9.47 Å². The fourth-order valence-corrected chi connectivity index (χ4v) is 2.99. The molecular weight excluding hydrogens is 242 g/mol. The van der Waals surface area contributed by atoms with E-state index in [9.17, 15) is 4.79 Å². The van der Waals surface area contributed by atoms with Crippen molar-refractivity contribution in [1.29, 1.82) is 0 Å². The van der Waals surface area contributed by atoms with Crippen LogP contribution in [0.2, 0.25) is 0 Å². The minimum Gasteiger partial charge on any atom is -0.486 e. The Labute approximate surface area is 113 Å². The van der Waals surface area contributed by atoms with Crippen LogP contribution in [0.1, 0.15) is 24.0 Å². The van der Waals surface area contributed by atoms with Gasteiger partial charge >= 0.3 is 0 Å². The highest BCUT2D eigenvalue weighted by Gasteiger charge is 2.23. The van der Waals surface area contributed by atoms with E-state index in [1.165, 1.54) is 11.1 Å². The van der Waals surface area contributed by atoms with Crippen molar-refractivity contribution in [3.05, 3.63) is 23.3 Å². The maximum absolute atomic E-state index is 10.4. The summed E-state index contributed by atoms with van der Waals surface area (Å²) in [6.07, 6.45) is 5.06. The largest absolute Gasteiger partial charge is 0.486 e. The van der Waals surface area contributed by atoms with Gasteiger partial charge < -0.3 is 14.8 Å². The summed E-state index contributed by atoms with van der Waals surface area (Å²) < 4.78 is 11.4. The molecule has 4 heteroatoms. The van der Waals surface area contributed by atoms with Crippen LogP contribution in [0.15, 0.2) is 12.1 Å². The average molecular weight is 261 g/mol. The zero-order chi connectivity index (χ0) is 13.1. The Morgan fingerprint density at radius 1 is 1.21 bits per heavy atom. The molecule has 1 aliphatic carbocycles. The third kappa shape index (κ3) is 2.53. The van der Waals surface area contributed by atoms with Crippen LogP contribution >= 0.6 is 0 Å². The molecule has 1 heterocycles. The lowest BCUT2D eigenvalue weighted by molar-refractivity contribution is -0.109. The third-order valence-electron chi connectivity index (χ3n) is 4.02. The van der Waals surface area contributed by atoms with Gasteiger partial charge in [0.15, 0.2) is 11.5 Å². The number of carbonyl (C=O) groups is 1. The van der Waals surface area contributed by atoms with E-state index in [0.717, 1.165) is 50.1 Å². The van der Waals surface area contributed by atoms with Crippen LogP contribution in [0.3, 0.4) is 0 Å². The highest BCUT2D eigenvalue weighted by molar-refractivity contribution is 5.52. The van der Waals surface area contributed by atoms with Crippen molar-refractivity contribution in [3.8, 4) is 11.5 Å². The number of benzene rings is 1. The van der Waals surface area contributed by atoms with E-state index in [-0.39, 0.29) is 0 Å². The quantitative estimate of drug-likeness (QED) is 0.665. The Kier molecular flexibility index (Phi) is 3.58. The highest BCUT2D eigenvalue weighted by Crippen LogP contribution is 2.39. The normalized spacial score (nSPS) is 21.2. The van der Waals surface area contributed by atoms with Crippen LogP contribution in [0.4, 0.5) is 0 Å². The fourth-order valence-electron chi connectivity index (χ4n) is 2.99. The summed E-state index contributed by atoms with van der Waals surface area (Å²) in [6.45, 7) is 2.05. The van der Waals surface area contributed by atoms with Crippen molar-refractivity contribution < 1.29 is 14.3 Å². The van der Waals surface area contributed by atoms with Gasteiger partial charge in [0, 0.05) is 12.1 Å². The van der Waals surface area contributed by atoms with E-state index in [0.29, 0.717) is 19.1 Å². The molecule has 2 aliphatic rings. The molecule has 1 unspecified atom stereocenters. The Morgan fingerprint density at radius 3 is 2.95 bits per heavy atom. The molecule has 0 aromatic heterocycles. The van der Waals surface area contributed by atoms with Crippen LogP contribution < -0.4 is 14.8 Å². The number of aryl methyl sites for hydroxylation is 1. The summed E-state index contributed by atoms with van der Waals surface area (Å²) >= 11 is 0. The average Bonchev–Trinajstić information content (AvgIpc) is 2.67. The number of ether oxygens (including phenoxy) is 2. The van der Waals surface area contributed by atoms with E-state index < -0.39 is 0 Å². The predicted molar refractivity (Wildman–Crippen MR) is 71.6 cm³/mol. The van der Waals surface area contributed by atoms with Crippen LogP contribution in [-0.2, 0) is 17.6 Å². The van der Waals surface area contributed by atoms with Crippen LogP contribution in [0, 0.1) is 5.92 Å². The Bertz CT molecular complexity index is 473. The van der Waals surface area contributed by atoms with Gasteiger partial charge in [-0.2, -0.15) is 0 Å². The van der Waals surface area contributed by atoms with Crippen molar-refractivity contribution in [3.63, 3.8) is 0 Å². The smallest absolute Gasteiger partial charge is 0.207 e. The van der Waals surface area contributed by atoms with Gasteiger partial charge in [-0.15, -0.1) is 0 Å². The van der Waals surface area contributed by atoms with Crippen molar-refractivity contribution in [2.24, 2.45) is 5.92 Å². The minimum absolute atomic E-state index is 0.553. The first-order valence-corrected chi connectivity index (χ1v) is 6.96. The zero-order valence-corrected chi connectivity index (χ0v) is 11.0. The molecule has 0 saturated carbocycles. The first-order valence-electron chi connectivity index (χ1n) is 6.96. The topological polar surface area (TPSA) is 47.6 Å². The SMILES string of the molecule is O=CNCC1CCc2ccc3c(c2CC1)OCCO3. The number of rotatable bonds is 3. The second-order valence-electron chi connectivity index (χ2n) is 5.20. The maximum atomic E-state index is 10.4. The van der Waals surface area contributed by atoms with Gasteiger partial charge in [0.25, 0.3) is 0 Å². The van der Waals surface area contributed by atoms with Crippen molar-refractivity contribution in [2.45, 2.75) is 25.7 Å². The monoisotopic (exact) mass is 261 g/mol. The molecule has 1 atom stereocenters. The van der Waals surface area contributed by atoms with E-state index in [1.54, 1.807) is 0 Å². The predicted octanol–water partition coefficient (Wildman–Crippen LogP) is 1.70. The molecule has 4 nitrogen and oxygen atoms in total. The zero-order valence-electron chi connectivity index (χ0n) is 11.0. The van der Waals surface area contributed by atoms with Crippen LogP contribution in [0.5, 0.6) is 11.5 Å². The van der Waals surface area contributed by atoms with Gasteiger partial charge in [-0.05, 0) is 43.2 Å². The van der Waals surface area contributed by atoms with Crippen molar-refractivity contribution in [2.75, 3.05) is 19.8 Å². The van der Waals surface area contributed by atoms with Gasteiger partial charge in [-0.25, -0.2) is 0 Å². The molecule has 102 valence electrons. The molecule has 1 N–H and O–H groups in total. The second kappa shape index (κ2) is 5.51. The summed E-state index contributed by atoms with van der Waals surface area (Å²) in [5, 5.41) is 2.80. The van der Waals surface area contributed by atoms with Gasteiger partial charge in [0.1, 0.15) is 13.2 Å². The number of amides is 1. The van der Waals surface area contributed by atoms with Crippen LogP contribution in [-0.4, -0.2) is 26.2 Å². The molecule has 0 radical (unpaired) electrons. The summed E-state index contributed by atoms with van der Waals surface area (Å²) in [5.41, 5.74) is 2.68. The number of carbonyl (C=O) groups excluding carboxylic acids is 1. The summed E-state index contributed by atoms with van der Waals surface area (Å²) in [7, 11) is 0. The number of hydrogen-bond donors (Lipinski definition) is 1. The molecule has 1 aromatic rings. The number of fused-ring (bicyclic) bond motifs is 3.